The molecule has 0 amide bonds. The molecule has 1 saturated heterocycles. The van der Waals surface area contributed by atoms with Crippen molar-refractivity contribution in [2.75, 3.05) is 5.75 Å². The van der Waals surface area contributed by atoms with Gasteiger partial charge in [-0.1, -0.05) is 0 Å². The number of hydrogen-bond donors (Lipinski definition) is 1. The molecule has 1 fully saturated rings. The Bertz CT molecular complexity index is 108. The summed E-state index contributed by atoms with van der Waals surface area (Å²) in [4.78, 5) is 10.1. The summed E-state index contributed by atoms with van der Waals surface area (Å²) >= 11 is 1.79. The second-order valence-corrected chi connectivity index (χ2v) is 3.64. The highest BCUT2D eigenvalue weighted by Crippen LogP contribution is 2.28. The smallest absolute Gasteiger partial charge is 0.304 e. The highest BCUT2D eigenvalue weighted by atomic mass is 32.2. The van der Waals surface area contributed by atoms with Crippen LogP contribution < -0.4 is 0 Å². The third-order valence-electron chi connectivity index (χ3n) is 1.43. The lowest BCUT2D eigenvalue weighted by atomic mass is 10.2. The highest BCUT2D eigenvalue weighted by Gasteiger charge is 2.17. The van der Waals surface area contributed by atoms with E-state index in [9.17, 15) is 4.79 Å². The minimum atomic E-state index is -0.658. The Kier molecular flexibility index (Phi) is 2.39. The maximum absolute atomic E-state index is 10.1. The normalized spacial score (nSPS) is 26.4. The first kappa shape index (κ1) is 6.93. The van der Waals surface area contributed by atoms with Crippen molar-refractivity contribution in [1.29, 1.82) is 0 Å². The van der Waals surface area contributed by atoms with Gasteiger partial charge in [0.2, 0.25) is 0 Å². The fourth-order valence-electron chi connectivity index (χ4n) is 1.00. The van der Waals surface area contributed by atoms with Crippen LogP contribution in [0.4, 0.5) is 0 Å². The van der Waals surface area contributed by atoms with Gasteiger partial charge in [-0.25, -0.2) is 0 Å². The summed E-state index contributed by atoms with van der Waals surface area (Å²) in [6.45, 7) is 0. The molecule has 0 aromatic heterocycles. The van der Waals surface area contributed by atoms with E-state index in [-0.39, 0.29) is 0 Å². The van der Waals surface area contributed by atoms with Crippen LogP contribution in [-0.2, 0) is 4.79 Å². The fraction of sp³-hybridized carbons (Fsp3) is 0.833. The van der Waals surface area contributed by atoms with E-state index in [2.05, 4.69) is 0 Å². The number of hydrogen-bond acceptors (Lipinski definition) is 2. The van der Waals surface area contributed by atoms with E-state index in [1.165, 1.54) is 6.42 Å². The minimum absolute atomic E-state index is 0.352. The van der Waals surface area contributed by atoms with E-state index in [0.29, 0.717) is 11.7 Å². The molecule has 1 rings (SSSR count). The second kappa shape index (κ2) is 3.11. The average molecular weight is 146 g/mol. The van der Waals surface area contributed by atoms with Crippen molar-refractivity contribution in [2.45, 2.75) is 24.5 Å². The van der Waals surface area contributed by atoms with Gasteiger partial charge in [0, 0.05) is 5.25 Å². The fourth-order valence-corrected chi connectivity index (χ4v) is 2.26. The van der Waals surface area contributed by atoms with E-state index in [4.69, 9.17) is 5.11 Å². The summed E-state index contributed by atoms with van der Waals surface area (Å²) in [5, 5.41) is 8.77. The zero-order valence-electron chi connectivity index (χ0n) is 5.17. The van der Waals surface area contributed by atoms with E-state index < -0.39 is 5.97 Å². The monoisotopic (exact) mass is 146 g/mol. The van der Waals surface area contributed by atoms with Crippen LogP contribution in [-0.4, -0.2) is 22.1 Å². The van der Waals surface area contributed by atoms with E-state index in [1.54, 1.807) is 11.8 Å². The Morgan fingerprint density at radius 1 is 1.78 bits per heavy atom. The van der Waals surface area contributed by atoms with Crippen molar-refractivity contribution in [3.05, 3.63) is 0 Å². The quantitative estimate of drug-likeness (QED) is 0.639. The molecule has 9 heavy (non-hydrogen) atoms. The molecular formula is C6H10O2S. The minimum Gasteiger partial charge on any atom is -0.481 e. The first-order valence-corrected chi connectivity index (χ1v) is 4.17. The molecule has 3 heteroatoms. The molecule has 1 unspecified atom stereocenters. The first-order valence-electron chi connectivity index (χ1n) is 3.12. The topological polar surface area (TPSA) is 37.3 Å². The average Bonchev–Trinajstić information content (AvgIpc) is 2.15. The van der Waals surface area contributed by atoms with Gasteiger partial charge in [0.1, 0.15) is 0 Å². The van der Waals surface area contributed by atoms with Gasteiger partial charge in [0.15, 0.2) is 0 Å². The van der Waals surface area contributed by atoms with E-state index in [0.717, 1.165) is 12.2 Å². The predicted molar refractivity (Wildman–Crippen MR) is 37.7 cm³/mol. The SMILES string of the molecule is O=C(O)CC1CCCS1. The Labute approximate surface area is 58.6 Å². The van der Waals surface area contributed by atoms with Gasteiger partial charge in [-0.05, 0) is 18.6 Å². The zero-order valence-corrected chi connectivity index (χ0v) is 5.99. The first-order chi connectivity index (χ1) is 4.29. The molecule has 2 nitrogen and oxygen atoms in total. The van der Waals surface area contributed by atoms with Gasteiger partial charge in [0.05, 0.1) is 6.42 Å². The molecule has 52 valence electrons. The lowest BCUT2D eigenvalue weighted by molar-refractivity contribution is -0.136. The summed E-state index contributed by atoms with van der Waals surface area (Å²) in [5.41, 5.74) is 0. The second-order valence-electron chi connectivity index (χ2n) is 2.23. The van der Waals surface area contributed by atoms with Crippen molar-refractivity contribution in [3.8, 4) is 0 Å². The third-order valence-corrected chi connectivity index (χ3v) is 2.82. The summed E-state index contributed by atoms with van der Waals surface area (Å²) in [6, 6.07) is 0. The Balaban J connectivity index is 2.19. The van der Waals surface area contributed by atoms with Crippen LogP contribution in [0.1, 0.15) is 19.3 Å². The lowest BCUT2D eigenvalue weighted by Gasteiger charge is -2.01. The molecule has 1 atom stereocenters. The molecule has 1 aliphatic heterocycles. The Morgan fingerprint density at radius 3 is 3.00 bits per heavy atom. The number of carboxylic acids is 1. The molecule has 0 aromatic carbocycles. The van der Waals surface area contributed by atoms with Crippen LogP contribution in [0, 0.1) is 0 Å². The Hall–Kier alpha value is -0.180. The molecule has 0 saturated carbocycles. The number of carbonyl (C=O) groups is 1. The van der Waals surface area contributed by atoms with Gasteiger partial charge in [-0.3, -0.25) is 4.79 Å². The van der Waals surface area contributed by atoms with Gasteiger partial charge in [0.25, 0.3) is 0 Å². The van der Waals surface area contributed by atoms with Gasteiger partial charge >= 0.3 is 5.97 Å². The van der Waals surface area contributed by atoms with Crippen molar-refractivity contribution < 1.29 is 9.90 Å². The number of thioether (sulfide) groups is 1. The standard InChI is InChI=1S/C6H10O2S/c7-6(8)4-5-2-1-3-9-5/h5H,1-4H2,(H,7,8). The van der Waals surface area contributed by atoms with Crippen LogP contribution >= 0.6 is 11.8 Å². The predicted octanol–water partition coefficient (Wildman–Crippen LogP) is 1.36. The summed E-state index contributed by atoms with van der Waals surface area (Å²) in [5.74, 6) is 0.493. The summed E-state index contributed by atoms with van der Waals surface area (Å²) < 4.78 is 0. The van der Waals surface area contributed by atoms with Crippen LogP contribution in [0.5, 0.6) is 0 Å². The summed E-state index contributed by atoms with van der Waals surface area (Å²) in [6.07, 6.45) is 2.64. The molecule has 1 heterocycles. The molecule has 1 aliphatic rings. The maximum Gasteiger partial charge on any atom is 0.304 e. The number of rotatable bonds is 2. The highest BCUT2D eigenvalue weighted by molar-refractivity contribution is 8.00. The molecular weight excluding hydrogens is 136 g/mol. The Morgan fingerprint density at radius 2 is 2.56 bits per heavy atom. The summed E-state index contributed by atoms with van der Waals surface area (Å²) in [7, 11) is 0. The third kappa shape index (κ3) is 2.26. The van der Waals surface area contributed by atoms with E-state index in [1.807, 2.05) is 0 Å². The molecule has 0 aromatic rings. The molecule has 0 bridgehead atoms. The largest absolute Gasteiger partial charge is 0.481 e. The van der Waals surface area contributed by atoms with Crippen LogP contribution in [0.3, 0.4) is 0 Å². The molecule has 0 aliphatic carbocycles. The molecule has 0 radical (unpaired) electrons. The number of aliphatic carboxylic acids is 1. The van der Waals surface area contributed by atoms with Crippen LogP contribution in [0.2, 0.25) is 0 Å². The maximum atomic E-state index is 10.1. The number of carboxylic acid groups (broad SMARTS) is 1. The van der Waals surface area contributed by atoms with Crippen LogP contribution in [0.15, 0.2) is 0 Å². The van der Waals surface area contributed by atoms with Gasteiger partial charge in [-0.15, -0.1) is 0 Å². The van der Waals surface area contributed by atoms with Gasteiger partial charge in [-0.2, -0.15) is 11.8 Å². The van der Waals surface area contributed by atoms with Crippen LogP contribution in [0.25, 0.3) is 0 Å². The zero-order chi connectivity index (χ0) is 6.69. The lowest BCUT2D eigenvalue weighted by Crippen LogP contribution is -2.05. The van der Waals surface area contributed by atoms with Crippen molar-refractivity contribution in [3.63, 3.8) is 0 Å². The van der Waals surface area contributed by atoms with Crippen molar-refractivity contribution in [2.24, 2.45) is 0 Å². The van der Waals surface area contributed by atoms with Gasteiger partial charge < -0.3 is 5.11 Å². The van der Waals surface area contributed by atoms with Crippen molar-refractivity contribution in [1.82, 2.24) is 0 Å². The van der Waals surface area contributed by atoms with Crippen molar-refractivity contribution >= 4 is 17.7 Å². The van der Waals surface area contributed by atoms with E-state index >= 15 is 0 Å². The molecule has 0 spiro atoms. The molecule has 1 N–H and O–H groups in total.